The first-order valence-corrected chi connectivity index (χ1v) is 6.58. The van der Waals surface area contributed by atoms with E-state index in [4.69, 9.17) is 5.84 Å². The first-order chi connectivity index (χ1) is 7.95. The lowest BCUT2D eigenvalue weighted by molar-refractivity contribution is -0.121. The van der Waals surface area contributed by atoms with E-state index in [1.54, 1.807) is 11.8 Å². The highest BCUT2D eigenvalue weighted by atomic mass is 32.2. The van der Waals surface area contributed by atoms with Gasteiger partial charge in [-0.3, -0.25) is 10.2 Å². The average Bonchev–Trinajstić information content (AvgIpc) is 2.26. The summed E-state index contributed by atoms with van der Waals surface area (Å²) in [6.45, 7) is 8.17. The van der Waals surface area contributed by atoms with Crippen LogP contribution in [0.5, 0.6) is 0 Å². The predicted molar refractivity (Wildman–Crippen MR) is 72.7 cm³/mol. The van der Waals surface area contributed by atoms with Crippen LogP contribution < -0.4 is 11.3 Å². The molecule has 0 bridgehead atoms. The molecule has 0 aliphatic rings. The molecule has 0 aliphatic carbocycles. The Labute approximate surface area is 107 Å². The largest absolute Gasteiger partial charge is 0.293 e. The van der Waals surface area contributed by atoms with E-state index in [1.807, 2.05) is 13.8 Å². The summed E-state index contributed by atoms with van der Waals surface area (Å²) in [7, 11) is 0. The fourth-order valence-electron chi connectivity index (χ4n) is 1.64. The van der Waals surface area contributed by atoms with Crippen LogP contribution in [0.3, 0.4) is 0 Å². The van der Waals surface area contributed by atoms with Gasteiger partial charge in [0.2, 0.25) is 5.91 Å². The lowest BCUT2D eigenvalue weighted by Gasteiger charge is -2.19. The van der Waals surface area contributed by atoms with Gasteiger partial charge in [-0.2, -0.15) is 0 Å². The Morgan fingerprint density at radius 2 is 2.00 bits per heavy atom. The van der Waals surface area contributed by atoms with Gasteiger partial charge in [0, 0.05) is 4.90 Å². The molecule has 0 saturated carbocycles. The summed E-state index contributed by atoms with van der Waals surface area (Å²) in [5, 5.41) is -0.151. The molecule has 0 aliphatic heterocycles. The van der Waals surface area contributed by atoms with Crippen LogP contribution in [0, 0.1) is 19.8 Å². The number of rotatable bonds is 4. The van der Waals surface area contributed by atoms with E-state index in [2.05, 4.69) is 37.5 Å². The van der Waals surface area contributed by atoms with Crippen LogP contribution in [-0.4, -0.2) is 11.2 Å². The number of amides is 1. The number of aryl methyl sites for hydroxylation is 2. The van der Waals surface area contributed by atoms with Gasteiger partial charge in [0.15, 0.2) is 0 Å². The van der Waals surface area contributed by atoms with Gasteiger partial charge in [-0.1, -0.05) is 31.5 Å². The standard InChI is InChI=1S/C13H20N2OS/c1-8(2)12(13(16)15-14)17-11-6-5-9(3)7-10(11)4/h5-8,12H,14H2,1-4H3,(H,15,16). The Bertz CT molecular complexity index is 404. The minimum absolute atomic E-state index is 0.120. The molecule has 0 heterocycles. The van der Waals surface area contributed by atoms with Gasteiger partial charge < -0.3 is 0 Å². The van der Waals surface area contributed by atoms with Crippen LogP contribution in [0.4, 0.5) is 0 Å². The SMILES string of the molecule is Cc1ccc(SC(C(=O)NN)C(C)C)c(C)c1. The molecule has 0 radical (unpaired) electrons. The number of hydrogen-bond acceptors (Lipinski definition) is 3. The fraction of sp³-hybridized carbons (Fsp3) is 0.462. The van der Waals surface area contributed by atoms with Crippen molar-refractivity contribution in [1.29, 1.82) is 0 Å². The lowest BCUT2D eigenvalue weighted by atomic mass is 10.1. The highest BCUT2D eigenvalue weighted by molar-refractivity contribution is 8.00. The number of hydrogen-bond donors (Lipinski definition) is 2. The molecule has 0 saturated heterocycles. The summed E-state index contributed by atoms with van der Waals surface area (Å²) in [6.07, 6.45) is 0. The highest BCUT2D eigenvalue weighted by Gasteiger charge is 2.23. The molecule has 1 unspecified atom stereocenters. The number of thioether (sulfide) groups is 1. The second-order valence-corrected chi connectivity index (χ2v) is 5.74. The van der Waals surface area contributed by atoms with E-state index in [0.717, 1.165) is 4.90 Å². The van der Waals surface area contributed by atoms with Crippen LogP contribution in [0.1, 0.15) is 25.0 Å². The van der Waals surface area contributed by atoms with Gasteiger partial charge in [0.1, 0.15) is 0 Å². The number of carbonyl (C=O) groups is 1. The molecule has 4 heteroatoms. The molecule has 0 fully saturated rings. The maximum atomic E-state index is 11.7. The van der Waals surface area contributed by atoms with Crippen LogP contribution in [-0.2, 0) is 4.79 Å². The van der Waals surface area contributed by atoms with Crippen molar-refractivity contribution >= 4 is 17.7 Å². The van der Waals surface area contributed by atoms with Gasteiger partial charge in [0.25, 0.3) is 0 Å². The topological polar surface area (TPSA) is 55.1 Å². The molecule has 0 spiro atoms. The molecule has 17 heavy (non-hydrogen) atoms. The Morgan fingerprint density at radius 1 is 1.35 bits per heavy atom. The van der Waals surface area contributed by atoms with Gasteiger partial charge in [-0.05, 0) is 31.4 Å². The maximum absolute atomic E-state index is 11.7. The maximum Gasteiger partial charge on any atom is 0.247 e. The van der Waals surface area contributed by atoms with Gasteiger partial charge in [-0.25, -0.2) is 5.84 Å². The molecule has 1 aromatic rings. The van der Waals surface area contributed by atoms with Gasteiger partial charge in [-0.15, -0.1) is 11.8 Å². The number of carbonyl (C=O) groups excluding carboxylic acids is 1. The second-order valence-electron chi connectivity index (χ2n) is 4.56. The smallest absolute Gasteiger partial charge is 0.247 e. The second kappa shape index (κ2) is 6.07. The first kappa shape index (κ1) is 14.1. The van der Waals surface area contributed by atoms with E-state index >= 15 is 0 Å². The van der Waals surface area contributed by atoms with Crippen molar-refractivity contribution in [3.8, 4) is 0 Å². The molecular weight excluding hydrogens is 232 g/mol. The van der Waals surface area contributed by atoms with E-state index in [-0.39, 0.29) is 17.1 Å². The van der Waals surface area contributed by atoms with Crippen molar-refractivity contribution in [2.45, 2.75) is 37.8 Å². The van der Waals surface area contributed by atoms with Gasteiger partial charge >= 0.3 is 0 Å². The van der Waals surface area contributed by atoms with Crippen molar-refractivity contribution in [2.24, 2.45) is 11.8 Å². The van der Waals surface area contributed by atoms with Crippen molar-refractivity contribution in [1.82, 2.24) is 5.43 Å². The third-order valence-electron chi connectivity index (χ3n) is 2.59. The first-order valence-electron chi connectivity index (χ1n) is 5.70. The molecule has 1 atom stereocenters. The zero-order valence-electron chi connectivity index (χ0n) is 10.8. The third-order valence-corrected chi connectivity index (χ3v) is 4.31. The lowest BCUT2D eigenvalue weighted by Crippen LogP contribution is -2.39. The van der Waals surface area contributed by atoms with E-state index in [1.165, 1.54) is 11.1 Å². The zero-order chi connectivity index (χ0) is 13.0. The molecule has 1 amide bonds. The summed E-state index contributed by atoms with van der Waals surface area (Å²) >= 11 is 1.57. The van der Waals surface area contributed by atoms with Crippen molar-refractivity contribution < 1.29 is 4.79 Å². The summed E-state index contributed by atoms with van der Waals surface area (Å²) in [5.41, 5.74) is 4.67. The molecule has 1 rings (SSSR count). The van der Waals surface area contributed by atoms with Crippen molar-refractivity contribution in [3.63, 3.8) is 0 Å². The van der Waals surface area contributed by atoms with Crippen LogP contribution in [0.25, 0.3) is 0 Å². The minimum Gasteiger partial charge on any atom is -0.293 e. The quantitative estimate of drug-likeness (QED) is 0.374. The zero-order valence-corrected chi connectivity index (χ0v) is 11.6. The summed E-state index contributed by atoms with van der Waals surface area (Å²) < 4.78 is 0. The Morgan fingerprint density at radius 3 is 2.47 bits per heavy atom. The van der Waals surface area contributed by atoms with Crippen LogP contribution in [0.15, 0.2) is 23.1 Å². The van der Waals surface area contributed by atoms with E-state index in [0.29, 0.717) is 0 Å². The summed E-state index contributed by atoms with van der Waals surface area (Å²) in [6, 6.07) is 6.25. The molecular formula is C13H20N2OS. The predicted octanol–water partition coefficient (Wildman–Crippen LogP) is 2.41. The van der Waals surface area contributed by atoms with E-state index in [9.17, 15) is 4.79 Å². The van der Waals surface area contributed by atoms with Crippen molar-refractivity contribution in [2.75, 3.05) is 0 Å². The molecule has 94 valence electrons. The highest BCUT2D eigenvalue weighted by Crippen LogP contribution is 2.31. The van der Waals surface area contributed by atoms with Crippen LogP contribution in [0.2, 0.25) is 0 Å². The van der Waals surface area contributed by atoms with Crippen molar-refractivity contribution in [3.05, 3.63) is 29.3 Å². The fourth-order valence-corrected chi connectivity index (χ4v) is 2.76. The summed E-state index contributed by atoms with van der Waals surface area (Å²) in [5.74, 6) is 5.33. The number of nitrogens with two attached hydrogens (primary N) is 1. The van der Waals surface area contributed by atoms with Gasteiger partial charge in [0.05, 0.1) is 5.25 Å². The molecule has 3 nitrogen and oxygen atoms in total. The van der Waals surface area contributed by atoms with E-state index < -0.39 is 0 Å². The molecule has 0 aromatic heterocycles. The summed E-state index contributed by atoms with van der Waals surface area (Å²) in [4.78, 5) is 12.8. The Balaban J connectivity index is 2.90. The Kier molecular flexibility index (Phi) is 5.02. The normalized spacial score (nSPS) is 12.6. The Hall–Kier alpha value is -1.00. The minimum atomic E-state index is -0.151. The average molecular weight is 252 g/mol. The third kappa shape index (κ3) is 3.75. The molecule has 1 aromatic carbocycles. The monoisotopic (exact) mass is 252 g/mol. The molecule has 3 N–H and O–H groups in total. The number of benzene rings is 1. The number of nitrogens with one attached hydrogen (secondary N) is 1. The number of hydrazine groups is 1. The van der Waals surface area contributed by atoms with Crippen LogP contribution >= 0.6 is 11.8 Å².